The molecule has 0 aromatic heterocycles. The van der Waals surface area contributed by atoms with Gasteiger partial charge < -0.3 is 9.84 Å². The fraction of sp³-hybridized carbons (Fsp3) is 0.300. The Morgan fingerprint density at radius 1 is 1.35 bits per heavy atom. The van der Waals surface area contributed by atoms with Gasteiger partial charge in [0.25, 0.3) is 0 Å². The highest BCUT2D eigenvalue weighted by Gasteiger charge is 2.43. The summed E-state index contributed by atoms with van der Waals surface area (Å²) in [5.41, 5.74) is 0. The highest BCUT2D eigenvalue weighted by atomic mass is 19.4. The minimum absolute atomic E-state index is 0.629. The van der Waals surface area contributed by atoms with Crippen LogP contribution >= 0.6 is 0 Å². The third-order valence-corrected chi connectivity index (χ3v) is 1.83. The lowest BCUT2D eigenvalue weighted by Gasteiger charge is -2.20. The van der Waals surface area contributed by atoms with E-state index in [0.717, 1.165) is 12.1 Å². The summed E-state index contributed by atoms with van der Waals surface area (Å²) < 4.78 is 54.5. The summed E-state index contributed by atoms with van der Waals surface area (Å²) >= 11 is 0. The van der Waals surface area contributed by atoms with Gasteiger partial charge in [-0.2, -0.15) is 13.2 Å². The number of rotatable bonds is 4. The van der Waals surface area contributed by atoms with Crippen molar-refractivity contribution < 1.29 is 32.2 Å². The molecule has 0 aliphatic carbocycles. The molecule has 3 nitrogen and oxygen atoms in total. The van der Waals surface area contributed by atoms with Crippen molar-refractivity contribution in [1.29, 1.82) is 0 Å². The van der Waals surface area contributed by atoms with Crippen LogP contribution in [-0.2, 0) is 4.79 Å². The van der Waals surface area contributed by atoms with Gasteiger partial charge in [0.1, 0.15) is 0 Å². The number of benzene rings is 1. The Kier molecular flexibility index (Phi) is 3.93. The Balaban J connectivity index is 2.87. The number of carbonyl (C=O) groups is 1. The van der Waals surface area contributed by atoms with Crippen molar-refractivity contribution in [3.05, 3.63) is 30.1 Å². The topological polar surface area (TPSA) is 46.5 Å². The van der Waals surface area contributed by atoms with Gasteiger partial charge in [0.05, 0.1) is 6.42 Å². The molecular weight excluding hydrogens is 244 g/mol. The minimum atomic E-state index is -4.87. The molecule has 0 heterocycles. The smallest absolute Gasteiger partial charge is 0.426 e. The van der Waals surface area contributed by atoms with Crippen LogP contribution in [0.25, 0.3) is 0 Å². The Morgan fingerprint density at radius 3 is 2.41 bits per heavy atom. The maximum Gasteiger partial charge on any atom is 0.426 e. The minimum Gasteiger partial charge on any atom is -0.481 e. The molecule has 1 atom stereocenters. The normalized spacial score (nSPS) is 13.2. The Bertz CT molecular complexity index is 403. The molecule has 1 aromatic rings. The van der Waals surface area contributed by atoms with Crippen molar-refractivity contribution >= 4 is 5.97 Å². The van der Waals surface area contributed by atoms with Crippen LogP contribution in [0.5, 0.6) is 5.75 Å². The molecule has 1 N–H and O–H groups in total. The van der Waals surface area contributed by atoms with Gasteiger partial charge in [-0.1, -0.05) is 12.1 Å². The number of para-hydroxylation sites is 1. The second-order valence-corrected chi connectivity index (χ2v) is 3.18. The van der Waals surface area contributed by atoms with Crippen molar-refractivity contribution in [1.82, 2.24) is 0 Å². The molecule has 0 aliphatic rings. The summed E-state index contributed by atoms with van der Waals surface area (Å²) in [6.45, 7) is 0. The molecule has 0 spiro atoms. The van der Waals surface area contributed by atoms with Gasteiger partial charge in [-0.3, -0.25) is 4.79 Å². The van der Waals surface area contributed by atoms with Gasteiger partial charge >= 0.3 is 12.1 Å². The summed E-state index contributed by atoms with van der Waals surface area (Å²) in [4.78, 5) is 10.3. The number of carboxylic acid groups (broad SMARTS) is 1. The number of ether oxygens (including phenoxy) is 1. The van der Waals surface area contributed by atoms with Crippen molar-refractivity contribution in [2.75, 3.05) is 0 Å². The molecule has 0 saturated heterocycles. The number of halogens is 4. The summed E-state index contributed by atoms with van der Waals surface area (Å²) in [6.07, 6.45) is -8.73. The largest absolute Gasteiger partial charge is 0.481 e. The second-order valence-electron chi connectivity index (χ2n) is 3.18. The first-order valence-corrected chi connectivity index (χ1v) is 4.50. The number of hydrogen-bond donors (Lipinski definition) is 1. The van der Waals surface area contributed by atoms with E-state index in [4.69, 9.17) is 5.11 Å². The van der Waals surface area contributed by atoms with Gasteiger partial charge in [0, 0.05) is 0 Å². The zero-order chi connectivity index (χ0) is 13.1. The lowest BCUT2D eigenvalue weighted by molar-refractivity contribution is -0.201. The molecule has 1 rings (SSSR count). The Morgan fingerprint density at radius 2 is 1.94 bits per heavy atom. The van der Waals surface area contributed by atoms with E-state index in [-0.39, 0.29) is 0 Å². The van der Waals surface area contributed by atoms with Crippen LogP contribution in [0.1, 0.15) is 6.42 Å². The van der Waals surface area contributed by atoms with Crippen LogP contribution in [0, 0.1) is 5.82 Å². The number of carboxylic acids is 1. The number of alkyl halides is 3. The standard InChI is InChI=1S/C10H8F4O3/c11-6-3-1-2-4-7(6)17-8(5-9(15)16)10(12,13)14/h1-4,8H,5H2,(H,15,16). The van der Waals surface area contributed by atoms with E-state index in [1.165, 1.54) is 12.1 Å². The first-order valence-electron chi connectivity index (χ1n) is 4.50. The average molecular weight is 252 g/mol. The molecule has 0 bridgehead atoms. The second kappa shape index (κ2) is 5.03. The van der Waals surface area contributed by atoms with Gasteiger partial charge in [-0.15, -0.1) is 0 Å². The predicted octanol–water partition coefficient (Wildman–Crippen LogP) is 2.61. The lowest BCUT2D eigenvalue weighted by atomic mass is 10.2. The number of aliphatic carboxylic acids is 1. The summed E-state index contributed by atoms with van der Waals surface area (Å²) in [5.74, 6) is -3.29. The summed E-state index contributed by atoms with van der Waals surface area (Å²) in [6, 6.07) is 4.48. The molecular formula is C10H8F4O3. The van der Waals surface area contributed by atoms with Crippen LogP contribution in [0.15, 0.2) is 24.3 Å². The number of hydrogen-bond acceptors (Lipinski definition) is 2. The van der Waals surface area contributed by atoms with Crippen LogP contribution in [0.4, 0.5) is 17.6 Å². The SMILES string of the molecule is O=C(O)CC(Oc1ccccc1F)C(F)(F)F. The van der Waals surface area contributed by atoms with Crippen LogP contribution < -0.4 is 4.74 Å². The van der Waals surface area contributed by atoms with E-state index in [1.807, 2.05) is 0 Å². The summed E-state index contributed by atoms with van der Waals surface area (Å²) in [5, 5.41) is 8.32. The van der Waals surface area contributed by atoms with E-state index < -0.39 is 36.2 Å². The first-order chi connectivity index (χ1) is 7.80. The zero-order valence-corrected chi connectivity index (χ0v) is 8.37. The van der Waals surface area contributed by atoms with Crippen molar-refractivity contribution in [3.63, 3.8) is 0 Å². The fourth-order valence-electron chi connectivity index (χ4n) is 1.08. The van der Waals surface area contributed by atoms with Crippen molar-refractivity contribution in [3.8, 4) is 5.75 Å². The highest BCUT2D eigenvalue weighted by Crippen LogP contribution is 2.28. The average Bonchev–Trinajstić information content (AvgIpc) is 2.18. The van der Waals surface area contributed by atoms with Gasteiger partial charge in [0.15, 0.2) is 11.6 Å². The van der Waals surface area contributed by atoms with Crippen molar-refractivity contribution in [2.45, 2.75) is 18.7 Å². The molecule has 0 fully saturated rings. The highest BCUT2D eigenvalue weighted by molar-refractivity contribution is 5.67. The quantitative estimate of drug-likeness (QED) is 0.838. The van der Waals surface area contributed by atoms with E-state index in [1.54, 1.807) is 0 Å². The fourth-order valence-corrected chi connectivity index (χ4v) is 1.08. The first kappa shape index (κ1) is 13.3. The van der Waals surface area contributed by atoms with E-state index in [0.29, 0.717) is 0 Å². The molecule has 94 valence electrons. The molecule has 1 aromatic carbocycles. The van der Waals surface area contributed by atoms with Crippen molar-refractivity contribution in [2.24, 2.45) is 0 Å². The van der Waals surface area contributed by atoms with Gasteiger partial charge in [0.2, 0.25) is 6.10 Å². The lowest BCUT2D eigenvalue weighted by Crippen LogP contribution is -2.36. The van der Waals surface area contributed by atoms with Gasteiger partial charge in [-0.25, -0.2) is 4.39 Å². The Labute approximate surface area is 93.6 Å². The molecule has 0 saturated carbocycles. The third kappa shape index (κ3) is 3.93. The third-order valence-electron chi connectivity index (χ3n) is 1.83. The monoisotopic (exact) mass is 252 g/mol. The maximum absolute atomic E-state index is 13.0. The maximum atomic E-state index is 13.0. The molecule has 0 radical (unpaired) electrons. The molecule has 1 unspecified atom stereocenters. The Hall–Kier alpha value is -1.79. The van der Waals surface area contributed by atoms with Crippen LogP contribution in [0.2, 0.25) is 0 Å². The predicted molar refractivity (Wildman–Crippen MR) is 49.1 cm³/mol. The molecule has 7 heteroatoms. The summed E-state index contributed by atoms with van der Waals surface area (Å²) in [7, 11) is 0. The van der Waals surface area contributed by atoms with E-state index in [9.17, 15) is 22.4 Å². The molecule has 0 aliphatic heterocycles. The molecule has 0 amide bonds. The van der Waals surface area contributed by atoms with Crippen LogP contribution in [-0.4, -0.2) is 23.4 Å². The zero-order valence-electron chi connectivity index (χ0n) is 8.37. The molecule has 17 heavy (non-hydrogen) atoms. The van der Waals surface area contributed by atoms with Gasteiger partial charge in [-0.05, 0) is 12.1 Å². The van der Waals surface area contributed by atoms with E-state index >= 15 is 0 Å². The van der Waals surface area contributed by atoms with Crippen LogP contribution in [0.3, 0.4) is 0 Å². The van der Waals surface area contributed by atoms with E-state index in [2.05, 4.69) is 4.74 Å².